The molecule has 2 N–H and O–H groups in total. The zero-order valence-corrected chi connectivity index (χ0v) is 21.2. The van der Waals surface area contributed by atoms with Crippen LogP contribution in [0.4, 0.5) is 18.0 Å². The van der Waals surface area contributed by atoms with Crippen LogP contribution in [0.3, 0.4) is 0 Å². The molecule has 2 amide bonds. The van der Waals surface area contributed by atoms with Gasteiger partial charge in [0.2, 0.25) is 10.0 Å². The van der Waals surface area contributed by atoms with E-state index < -0.39 is 33.0 Å². The molecule has 3 aliphatic rings. The first kappa shape index (κ1) is 27.8. The maximum Gasteiger partial charge on any atom is 0.490 e. The van der Waals surface area contributed by atoms with Crippen molar-refractivity contribution in [3.63, 3.8) is 0 Å². The summed E-state index contributed by atoms with van der Waals surface area (Å²) in [5.74, 6) is -2.76. The molecular weight excluding hydrogens is 529 g/mol. The van der Waals surface area contributed by atoms with Crippen LogP contribution in [-0.4, -0.2) is 82.5 Å². The Morgan fingerprint density at radius 1 is 1.18 bits per heavy atom. The Labute approximate surface area is 217 Å². The number of amides is 2. The summed E-state index contributed by atoms with van der Waals surface area (Å²) in [4.78, 5) is 27.5. The number of pyridine rings is 1. The number of morpholine rings is 1. The standard InChI is InChI=1S/C22H26N4O4S.C2HF3O2/c1-16-4-2-3-5-18(16)11-24-21(27)25-13-19-10-20-22(14-25,30-19)15-26(31(20,28)29)12-17-6-8-23-9-7-17;3-2(4,5)1(6)7/h2-9,19-20H,10-15H2,1H3,(H,24,27);(H,6,7)/t19-,20+,22+;/m1./s1. The molecule has 38 heavy (non-hydrogen) atoms. The number of aliphatic carboxylic acids is 1. The highest BCUT2D eigenvalue weighted by molar-refractivity contribution is 7.90. The van der Waals surface area contributed by atoms with Crippen molar-refractivity contribution in [2.24, 2.45) is 0 Å². The van der Waals surface area contributed by atoms with Crippen LogP contribution in [-0.2, 0) is 32.6 Å². The van der Waals surface area contributed by atoms with E-state index in [1.54, 1.807) is 17.3 Å². The minimum absolute atomic E-state index is 0.179. The Hall–Kier alpha value is -3.23. The maximum atomic E-state index is 13.3. The Morgan fingerprint density at radius 2 is 1.84 bits per heavy atom. The fourth-order valence-corrected chi connectivity index (χ4v) is 7.32. The van der Waals surface area contributed by atoms with E-state index in [9.17, 15) is 26.4 Å². The smallest absolute Gasteiger partial charge is 0.475 e. The number of carboxylic acids is 1. The second kappa shape index (κ2) is 10.5. The molecule has 0 saturated carbocycles. The predicted molar refractivity (Wildman–Crippen MR) is 128 cm³/mol. The van der Waals surface area contributed by atoms with Crippen LogP contribution in [0.25, 0.3) is 0 Å². The first-order valence-corrected chi connectivity index (χ1v) is 13.3. The van der Waals surface area contributed by atoms with Crippen molar-refractivity contribution in [1.29, 1.82) is 0 Å². The summed E-state index contributed by atoms with van der Waals surface area (Å²) in [6.45, 7) is 3.70. The SMILES string of the molecule is Cc1ccccc1CNC(=O)N1C[C@H]2C[C@H]3[C@](C1)(CN(Cc1ccncc1)S3(=O)=O)O2.O=C(O)C(F)(F)F. The van der Waals surface area contributed by atoms with Crippen LogP contribution >= 0.6 is 0 Å². The monoisotopic (exact) mass is 556 g/mol. The summed E-state index contributed by atoms with van der Waals surface area (Å²) in [6, 6.07) is 11.4. The number of likely N-dealkylation sites (tertiary alicyclic amines) is 1. The topological polar surface area (TPSA) is 129 Å². The van der Waals surface area contributed by atoms with Crippen molar-refractivity contribution in [3.8, 4) is 0 Å². The Balaban J connectivity index is 0.000000426. The molecule has 10 nitrogen and oxygen atoms in total. The molecule has 0 aliphatic carbocycles. The number of hydrogen-bond acceptors (Lipinski definition) is 6. The van der Waals surface area contributed by atoms with Gasteiger partial charge in [-0.2, -0.15) is 17.5 Å². The maximum absolute atomic E-state index is 13.3. The molecule has 5 rings (SSSR count). The number of sulfonamides is 1. The van der Waals surface area contributed by atoms with Gasteiger partial charge < -0.3 is 20.1 Å². The number of carboxylic acid groups (broad SMARTS) is 1. The minimum atomic E-state index is -5.08. The molecule has 0 unspecified atom stereocenters. The fraction of sp³-hybridized carbons (Fsp3) is 0.458. The number of alkyl halides is 3. The summed E-state index contributed by atoms with van der Waals surface area (Å²) in [5.41, 5.74) is 2.21. The first-order valence-electron chi connectivity index (χ1n) is 11.7. The number of halogens is 3. The number of carbonyl (C=O) groups is 2. The number of ether oxygens (including phenoxy) is 1. The highest BCUT2D eigenvalue weighted by Gasteiger charge is 2.65. The van der Waals surface area contributed by atoms with Gasteiger partial charge in [-0.05, 0) is 42.2 Å². The van der Waals surface area contributed by atoms with Gasteiger partial charge in [0.1, 0.15) is 10.9 Å². The van der Waals surface area contributed by atoms with E-state index in [0.717, 1.165) is 16.7 Å². The van der Waals surface area contributed by atoms with Crippen LogP contribution in [0.15, 0.2) is 48.8 Å². The van der Waals surface area contributed by atoms with Crippen LogP contribution in [0, 0.1) is 6.92 Å². The van der Waals surface area contributed by atoms with E-state index >= 15 is 0 Å². The molecule has 0 radical (unpaired) electrons. The van der Waals surface area contributed by atoms with Gasteiger partial charge in [0.15, 0.2) is 0 Å². The highest BCUT2D eigenvalue weighted by Crippen LogP contribution is 2.46. The van der Waals surface area contributed by atoms with Crippen LogP contribution in [0.2, 0.25) is 0 Å². The number of carbonyl (C=O) groups excluding carboxylic acids is 1. The van der Waals surface area contributed by atoms with Gasteiger partial charge in [-0.25, -0.2) is 18.0 Å². The van der Waals surface area contributed by atoms with Gasteiger partial charge in [-0.1, -0.05) is 24.3 Å². The van der Waals surface area contributed by atoms with E-state index in [-0.39, 0.29) is 31.8 Å². The average molecular weight is 557 g/mol. The number of aromatic nitrogens is 1. The number of nitrogens with one attached hydrogen (secondary N) is 1. The van der Waals surface area contributed by atoms with Gasteiger partial charge in [-0.15, -0.1) is 0 Å². The number of nitrogens with zero attached hydrogens (tertiary/aromatic N) is 3. The van der Waals surface area contributed by atoms with Crippen LogP contribution in [0.5, 0.6) is 0 Å². The molecule has 2 bridgehead atoms. The number of urea groups is 1. The summed E-state index contributed by atoms with van der Waals surface area (Å²) in [5, 5.41) is 9.50. The molecule has 14 heteroatoms. The first-order chi connectivity index (χ1) is 17.8. The average Bonchev–Trinajstić information content (AvgIpc) is 3.22. The lowest BCUT2D eigenvalue weighted by molar-refractivity contribution is -0.192. The molecular formula is C24H27F3N4O6S. The second-order valence-electron chi connectivity index (χ2n) is 9.47. The quantitative estimate of drug-likeness (QED) is 0.591. The zero-order valence-electron chi connectivity index (χ0n) is 20.4. The van der Waals surface area contributed by atoms with Crippen LogP contribution < -0.4 is 5.32 Å². The third-order valence-corrected chi connectivity index (χ3v) is 9.16. The van der Waals surface area contributed by atoms with Crippen molar-refractivity contribution in [2.75, 3.05) is 19.6 Å². The Bertz CT molecular complexity index is 1290. The molecule has 3 atom stereocenters. The molecule has 1 spiro atoms. The van der Waals surface area contributed by atoms with E-state index in [1.165, 1.54) is 4.31 Å². The van der Waals surface area contributed by atoms with Crippen molar-refractivity contribution in [2.45, 2.75) is 49.6 Å². The second-order valence-corrected chi connectivity index (χ2v) is 11.6. The largest absolute Gasteiger partial charge is 0.490 e. The molecule has 4 heterocycles. The Kier molecular flexibility index (Phi) is 7.68. The Morgan fingerprint density at radius 3 is 2.47 bits per heavy atom. The fourth-order valence-electron chi connectivity index (χ4n) is 5.03. The molecule has 1 aromatic carbocycles. The van der Waals surface area contributed by atoms with Crippen molar-refractivity contribution >= 4 is 22.0 Å². The van der Waals surface area contributed by atoms with Gasteiger partial charge in [0.05, 0.1) is 12.6 Å². The third kappa shape index (κ3) is 5.76. The number of rotatable bonds is 4. The lowest BCUT2D eigenvalue weighted by Crippen LogP contribution is -2.58. The lowest BCUT2D eigenvalue weighted by Gasteiger charge is -2.39. The zero-order chi connectivity index (χ0) is 27.7. The minimum Gasteiger partial charge on any atom is -0.475 e. The third-order valence-electron chi connectivity index (χ3n) is 6.84. The van der Waals surface area contributed by atoms with E-state index in [2.05, 4.69) is 10.3 Å². The van der Waals surface area contributed by atoms with Gasteiger partial charge >= 0.3 is 18.2 Å². The molecule has 3 saturated heterocycles. The summed E-state index contributed by atoms with van der Waals surface area (Å²) in [6.07, 6.45) is -1.59. The van der Waals surface area contributed by atoms with E-state index in [0.29, 0.717) is 19.5 Å². The van der Waals surface area contributed by atoms with Crippen molar-refractivity contribution in [3.05, 3.63) is 65.5 Å². The summed E-state index contributed by atoms with van der Waals surface area (Å²) < 4.78 is 66.0. The van der Waals surface area contributed by atoms with Gasteiger partial charge in [0, 0.05) is 38.6 Å². The predicted octanol–water partition coefficient (Wildman–Crippen LogP) is 2.29. The van der Waals surface area contributed by atoms with Crippen LogP contribution in [0.1, 0.15) is 23.1 Å². The number of fused-ring (bicyclic) bond motifs is 1. The number of benzene rings is 1. The number of hydrogen-bond donors (Lipinski definition) is 2. The van der Waals surface area contributed by atoms with Crippen molar-refractivity contribution in [1.82, 2.24) is 19.5 Å². The van der Waals surface area contributed by atoms with Gasteiger partial charge in [-0.3, -0.25) is 4.98 Å². The highest BCUT2D eigenvalue weighted by atomic mass is 32.2. The molecule has 206 valence electrons. The molecule has 2 aromatic rings. The molecule has 3 fully saturated rings. The lowest BCUT2D eigenvalue weighted by atomic mass is 9.99. The summed E-state index contributed by atoms with van der Waals surface area (Å²) >= 11 is 0. The van der Waals surface area contributed by atoms with E-state index in [1.807, 2.05) is 43.3 Å². The molecule has 3 aliphatic heterocycles. The number of aryl methyl sites for hydroxylation is 1. The van der Waals surface area contributed by atoms with E-state index in [4.69, 9.17) is 14.6 Å². The summed E-state index contributed by atoms with van der Waals surface area (Å²) in [7, 11) is -3.51. The van der Waals surface area contributed by atoms with Crippen molar-refractivity contribution < 1.29 is 41.0 Å². The normalized spacial score (nSPS) is 25.7. The molecule has 1 aromatic heterocycles. The van der Waals surface area contributed by atoms with Gasteiger partial charge in [0.25, 0.3) is 0 Å².